The van der Waals surface area contributed by atoms with Crippen LogP contribution in [0.25, 0.3) is 0 Å². The Balaban J connectivity index is 3.18. The van der Waals surface area contributed by atoms with Crippen LogP contribution < -0.4 is 0 Å². The van der Waals surface area contributed by atoms with Crippen molar-refractivity contribution in [2.24, 2.45) is 0 Å². The summed E-state index contributed by atoms with van der Waals surface area (Å²) in [5.74, 6) is -1.83. The van der Waals surface area contributed by atoms with E-state index in [1.807, 2.05) is 0 Å². The molecule has 1 unspecified atom stereocenters. The van der Waals surface area contributed by atoms with Gasteiger partial charge in [-0.25, -0.2) is 0 Å². The monoisotopic (exact) mass is 229 g/mol. The third-order valence-corrected chi connectivity index (χ3v) is 2.36. The molecule has 0 heterocycles. The molecule has 6 heteroatoms. The number of halogens is 1. The molecule has 80 valence electrons. The van der Waals surface area contributed by atoms with E-state index in [0.29, 0.717) is 5.56 Å². The van der Waals surface area contributed by atoms with Gasteiger partial charge in [0.25, 0.3) is 5.69 Å². The second-order valence-electron chi connectivity index (χ2n) is 3.03. The van der Waals surface area contributed by atoms with Crippen LogP contribution in [0.3, 0.4) is 0 Å². The lowest BCUT2D eigenvalue weighted by molar-refractivity contribution is -0.384. The molecule has 1 aromatic rings. The lowest BCUT2D eigenvalue weighted by atomic mass is 10.0. The van der Waals surface area contributed by atoms with E-state index in [0.717, 1.165) is 0 Å². The summed E-state index contributed by atoms with van der Waals surface area (Å²) in [4.78, 5) is 20.6. The van der Waals surface area contributed by atoms with Gasteiger partial charge in [-0.2, -0.15) is 0 Å². The fraction of sp³-hybridized carbons (Fsp3) is 0.222. The summed E-state index contributed by atoms with van der Waals surface area (Å²) in [7, 11) is 0. The Morgan fingerprint density at radius 3 is 2.67 bits per heavy atom. The van der Waals surface area contributed by atoms with E-state index in [-0.39, 0.29) is 10.7 Å². The van der Waals surface area contributed by atoms with E-state index in [9.17, 15) is 14.9 Å². The fourth-order valence-corrected chi connectivity index (χ4v) is 1.27. The Bertz CT molecular complexity index is 419. The van der Waals surface area contributed by atoms with Crippen molar-refractivity contribution in [3.05, 3.63) is 38.9 Å². The first-order valence-electron chi connectivity index (χ1n) is 4.10. The standard InChI is InChI=1S/C9H8ClNO4/c1-5(9(12)13)6-2-3-7(10)8(4-6)11(14)15/h2-5H,1H3,(H,12,13). The summed E-state index contributed by atoms with van der Waals surface area (Å²) in [5.41, 5.74) is 0.0841. The Labute approximate surface area is 90.4 Å². The van der Waals surface area contributed by atoms with Crippen LogP contribution in [0.5, 0.6) is 0 Å². The van der Waals surface area contributed by atoms with Gasteiger partial charge in [0.2, 0.25) is 0 Å². The third-order valence-electron chi connectivity index (χ3n) is 2.04. The normalized spacial score (nSPS) is 12.1. The van der Waals surface area contributed by atoms with Crippen LogP contribution in [0, 0.1) is 10.1 Å². The predicted octanol–water partition coefficient (Wildman–Crippen LogP) is 2.44. The largest absolute Gasteiger partial charge is 0.481 e. The Morgan fingerprint density at radius 1 is 1.60 bits per heavy atom. The van der Waals surface area contributed by atoms with E-state index in [1.54, 1.807) is 0 Å². The van der Waals surface area contributed by atoms with Crippen LogP contribution in [0.1, 0.15) is 18.4 Å². The Morgan fingerprint density at radius 2 is 2.20 bits per heavy atom. The molecule has 0 fully saturated rings. The van der Waals surface area contributed by atoms with Gasteiger partial charge in [-0.05, 0) is 18.6 Å². The number of carboxylic acids is 1. The number of hydrogen-bond acceptors (Lipinski definition) is 3. The summed E-state index contributed by atoms with van der Waals surface area (Å²) in [6, 6.07) is 3.98. The summed E-state index contributed by atoms with van der Waals surface area (Å²) in [5, 5.41) is 19.3. The van der Waals surface area contributed by atoms with Crippen molar-refractivity contribution in [3.63, 3.8) is 0 Å². The van der Waals surface area contributed by atoms with Gasteiger partial charge in [-0.1, -0.05) is 17.7 Å². The zero-order valence-corrected chi connectivity index (χ0v) is 8.56. The highest BCUT2D eigenvalue weighted by atomic mass is 35.5. The van der Waals surface area contributed by atoms with Crippen LogP contribution in [-0.4, -0.2) is 16.0 Å². The lowest BCUT2D eigenvalue weighted by Gasteiger charge is -2.06. The molecule has 1 aromatic carbocycles. The van der Waals surface area contributed by atoms with Crippen LogP contribution in [0.15, 0.2) is 18.2 Å². The topological polar surface area (TPSA) is 80.4 Å². The Kier molecular flexibility index (Phi) is 3.26. The zero-order chi connectivity index (χ0) is 11.6. The van der Waals surface area contributed by atoms with Crippen molar-refractivity contribution in [1.29, 1.82) is 0 Å². The second-order valence-corrected chi connectivity index (χ2v) is 3.44. The number of hydrogen-bond donors (Lipinski definition) is 1. The van der Waals surface area contributed by atoms with E-state index >= 15 is 0 Å². The van der Waals surface area contributed by atoms with Crippen LogP contribution >= 0.6 is 11.6 Å². The van der Waals surface area contributed by atoms with Crippen LogP contribution in [0.4, 0.5) is 5.69 Å². The molecule has 0 bridgehead atoms. The molecule has 1 rings (SSSR count). The number of nitro groups is 1. The van der Waals surface area contributed by atoms with Crippen molar-refractivity contribution in [1.82, 2.24) is 0 Å². The molecule has 0 aliphatic carbocycles. The van der Waals surface area contributed by atoms with E-state index in [1.165, 1.54) is 25.1 Å². The predicted molar refractivity (Wildman–Crippen MR) is 54.2 cm³/mol. The third kappa shape index (κ3) is 2.44. The summed E-state index contributed by atoms with van der Waals surface area (Å²) < 4.78 is 0. The van der Waals surface area contributed by atoms with E-state index in [2.05, 4.69) is 0 Å². The maximum absolute atomic E-state index is 10.7. The molecule has 0 saturated carbocycles. The van der Waals surface area contributed by atoms with Crippen LogP contribution in [0.2, 0.25) is 5.02 Å². The quantitative estimate of drug-likeness (QED) is 0.638. The average molecular weight is 230 g/mol. The Hall–Kier alpha value is -1.62. The van der Waals surface area contributed by atoms with Crippen molar-refractivity contribution in [3.8, 4) is 0 Å². The summed E-state index contributed by atoms with van der Waals surface area (Å²) in [6.45, 7) is 1.45. The van der Waals surface area contributed by atoms with E-state index in [4.69, 9.17) is 16.7 Å². The number of carbonyl (C=O) groups is 1. The highest BCUT2D eigenvalue weighted by Gasteiger charge is 2.19. The molecule has 5 nitrogen and oxygen atoms in total. The fourth-order valence-electron chi connectivity index (χ4n) is 1.08. The SMILES string of the molecule is CC(C(=O)O)c1ccc(Cl)c([N+](=O)[O-])c1. The number of nitrogens with zero attached hydrogens (tertiary/aromatic N) is 1. The molecule has 0 aliphatic heterocycles. The molecule has 15 heavy (non-hydrogen) atoms. The molecule has 0 radical (unpaired) electrons. The minimum atomic E-state index is -1.04. The first-order chi connectivity index (χ1) is 6.93. The maximum atomic E-state index is 10.7. The van der Waals surface area contributed by atoms with Gasteiger partial charge >= 0.3 is 5.97 Å². The van der Waals surface area contributed by atoms with Crippen LogP contribution in [-0.2, 0) is 4.79 Å². The first-order valence-corrected chi connectivity index (χ1v) is 4.48. The van der Waals surface area contributed by atoms with Gasteiger partial charge in [0.05, 0.1) is 10.8 Å². The number of aliphatic carboxylic acids is 1. The number of nitro benzene ring substituents is 1. The molecule has 0 spiro atoms. The molecule has 1 atom stereocenters. The lowest BCUT2D eigenvalue weighted by Crippen LogP contribution is -2.07. The highest BCUT2D eigenvalue weighted by molar-refractivity contribution is 6.32. The van der Waals surface area contributed by atoms with Gasteiger partial charge in [-0.3, -0.25) is 14.9 Å². The number of rotatable bonds is 3. The van der Waals surface area contributed by atoms with Gasteiger partial charge in [0, 0.05) is 6.07 Å². The maximum Gasteiger partial charge on any atom is 0.310 e. The van der Waals surface area contributed by atoms with Gasteiger partial charge < -0.3 is 5.11 Å². The average Bonchev–Trinajstić information content (AvgIpc) is 2.16. The number of benzene rings is 1. The minimum absolute atomic E-state index is 0.00124. The minimum Gasteiger partial charge on any atom is -0.481 e. The number of carboxylic acid groups (broad SMARTS) is 1. The molecular formula is C9H8ClNO4. The van der Waals surface area contributed by atoms with E-state index < -0.39 is 16.8 Å². The summed E-state index contributed by atoms with van der Waals surface area (Å²) >= 11 is 5.59. The van der Waals surface area contributed by atoms with Gasteiger partial charge in [0.15, 0.2) is 0 Å². The molecule has 0 amide bonds. The molecule has 0 aliphatic rings. The smallest absolute Gasteiger partial charge is 0.310 e. The van der Waals surface area contributed by atoms with Gasteiger partial charge in [-0.15, -0.1) is 0 Å². The molecular weight excluding hydrogens is 222 g/mol. The zero-order valence-electron chi connectivity index (χ0n) is 7.81. The van der Waals surface area contributed by atoms with Crippen molar-refractivity contribution >= 4 is 23.3 Å². The first kappa shape index (κ1) is 11.5. The van der Waals surface area contributed by atoms with Gasteiger partial charge in [0.1, 0.15) is 5.02 Å². The molecule has 0 saturated heterocycles. The summed E-state index contributed by atoms with van der Waals surface area (Å²) in [6.07, 6.45) is 0. The molecule has 1 N–H and O–H groups in total. The van der Waals surface area contributed by atoms with Crippen molar-refractivity contribution < 1.29 is 14.8 Å². The molecule has 0 aromatic heterocycles. The van der Waals surface area contributed by atoms with Crippen molar-refractivity contribution in [2.45, 2.75) is 12.8 Å². The van der Waals surface area contributed by atoms with Crippen molar-refractivity contribution in [2.75, 3.05) is 0 Å². The highest BCUT2D eigenvalue weighted by Crippen LogP contribution is 2.28. The second kappa shape index (κ2) is 4.27.